The van der Waals surface area contributed by atoms with E-state index in [9.17, 15) is 19.8 Å². The van der Waals surface area contributed by atoms with Crippen molar-refractivity contribution in [2.45, 2.75) is 0 Å². The first-order chi connectivity index (χ1) is 14.3. The number of aromatic hydroxyl groups is 2. The zero-order chi connectivity index (χ0) is 22.3. The summed E-state index contributed by atoms with van der Waals surface area (Å²) in [6.07, 6.45) is 5.33. The van der Waals surface area contributed by atoms with Gasteiger partial charge in [0.15, 0.2) is 23.0 Å². The van der Waals surface area contributed by atoms with E-state index in [1.807, 2.05) is 0 Å². The Labute approximate surface area is 173 Å². The molecule has 2 aromatic rings. The van der Waals surface area contributed by atoms with E-state index in [2.05, 4.69) is 9.47 Å². The third-order valence-corrected chi connectivity index (χ3v) is 4.19. The zero-order valence-electron chi connectivity index (χ0n) is 17.0. The third-order valence-electron chi connectivity index (χ3n) is 4.19. The summed E-state index contributed by atoms with van der Waals surface area (Å²) in [6, 6.07) is 5.96. The van der Waals surface area contributed by atoms with Gasteiger partial charge in [-0.2, -0.15) is 0 Å². The number of methoxy groups -OCH3 is 4. The summed E-state index contributed by atoms with van der Waals surface area (Å²) in [5.74, 6) is -1.05. The summed E-state index contributed by atoms with van der Waals surface area (Å²) in [5, 5.41) is 20.4. The summed E-state index contributed by atoms with van der Waals surface area (Å²) in [7, 11) is 5.30. The average Bonchev–Trinajstić information content (AvgIpc) is 2.75. The molecule has 30 heavy (non-hydrogen) atoms. The largest absolute Gasteiger partial charge is 0.504 e. The molecule has 0 saturated carbocycles. The van der Waals surface area contributed by atoms with Gasteiger partial charge in [-0.3, -0.25) is 0 Å². The Hall–Kier alpha value is -3.94. The van der Waals surface area contributed by atoms with Crippen molar-refractivity contribution < 1.29 is 38.7 Å². The molecule has 0 aromatic heterocycles. The van der Waals surface area contributed by atoms with Crippen LogP contribution in [0.1, 0.15) is 11.1 Å². The molecule has 0 amide bonds. The molecule has 2 rings (SSSR count). The van der Waals surface area contributed by atoms with Gasteiger partial charge in [0.25, 0.3) is 0 Å². The fourth-order valence-electron chi connectivity index (χ4n) is 2.69. The Morgan fingerprint density at radius 3 is 1.37 bits per heavy atom. The minimum Gasteiger partial charge on any atom is -0.504 e. The average molecular weight is 414 g/mol. The van der Waals surface area contributed by atoms with Crippen molar-refractivity contribution in [3.63, 3.8) is 0 Å². The number of esters is 2. The van der Waals surface area contributed by atoms with Gasteiger partial charge in [0.1, 0.15) is 0 Å². The number of rotatable bonds is 7. The fourth-order valence-corrected chi connectivity index (χ4v) is 2.69. The lowest BCUT2D eigenvalue weighted by Crippen LogP contribution is -1.96. The highest BCUT2D eigenvalue weighted by Crippen LogP contribution is 2.41. The molecule has 0 unspecified atom stereocenters. The number of phenols is 2. The molecule has 8 nitrogen and oxygen atoms in total. The Morgan fingerprint density at radius 2 is 1.07 bits per heavy atom. The monoisotopic (exact) mass is 414 g/mol. The first kappa shape index (κ1) is 22.4. The van der Waals surface area contributed by atoms with Crippen LogP contribution in [-0.4, -0.2) is 50.6 Å². The van der Waals surface area contributed by atoms with E-state index in [0.717, 1.165) is 0 Å². The van der Waals surface area contributed by atoms with Crippen LogP contribution in [0.25, 0.3) is 23.3 Å². The van der Waals surface area contributed by atoms with Crippen molar-refractivity contribution in [3.05, 3.63) is 47.5 Å². The Kier molecular flexibility index (Phi) is 7.46. The van der Waals surface area contributed by atoms with Crippen LogP contribution in [0.5, 0.6) is 23.0 Å². The maximum Gasteiger partial charge on any atom is 0.330 e. The van der Waals surface area contributed by atoms with E-state index in [1.54, 1.807) is 12.1 Å². The van der Waals surface area contributed by atoms with Crippen LogP contribution >= 0.6 is 0 Å². The van der Waals surface area contributed by atoms with E-state index in [0.29, 0.717) is 22.3 Å². The van der Waals surface area contributed by atoms with Gasteiger partial charge < -0.3 is 29.2 Å². The predicted octanol–water partition coefficient (Wildman–Crippen LogP) is 3.15. The minimum absolute atomic E-state index is 0.136. The van der Waals surface area contributed by atoms with Gasteiger partial charge in [0, 0.05) is 12.2 Å². The number of carbonyl (C=O) groups excluding carboxylic acids is 2. The fraction of sp³-hybridized carbons (Fsp3) is 0.182. The normalized spacial score (nSPS) is 10.9. The molecular formula is C22H22O8. The summed E-state index contributed by atoms with van der Waals surface area (Å²) >= 11 is 0. The van der Waals surface area contributed by atoms with Gasteiger partial charge in [0.2, 0.25) is 0 Å². The van der Waals surface area contributed by atoms with Crippen LogP contribution in [-0.2, 0) is 19.1 Å². The maximum absolute atomic E-state index is 11.6. The standard InChI is InChI=1S/C22H22O8/c1-27-19-11-15(13(9-17(19)23)5-7-21(25)29-3)16-12-20(28-2)18(24)10-14(16)6-8-22(26)30-4/h5-12,23-24H,1-4H3/b7-5+,8-6+. The van der Waals surface area contributed by atoms with Crippen LogP contribution in [0, 0.1) is 0 Å². The lowest BCUT2D eigenvalue weighted by atomic mass is 9.93. The van der Waals surface area contributed by atoms with Crippen molar-refractivity contribution >= 4 is 24.1 Å². The Bertz CT molecular complexity index is 923. The van der Waals surface area contributed by atoms with Crippen molar-refractivity contribution in [1.29, 1.82) is 0 Å². The molecule has 158 valence electrons. The molecule has 2 aromatic carbocycles. The van der Waals surface area contributed by atoms with E-state index in [-0.39, 0.29) is 23.0 Å². The molecule has 0 bridgehead atoms. The highest BCUT2D eigenvalue weighted by molar-refractivity contribution is 5.93. The van der Waals surface area contributed by atoms with Gasteiger partial charge in [-0.25, -0.2) is 9.59 Å². The molecular weight excluding hydrogens is 392 g/mol. The molecule has 2 N–H and O–H groups in total. The number of phenolic OH excluding ortho intramolecular Hbond substituents is 2. The molecule has 0 radical (unpaired) electrons. The van der Waals surface area contributed by atoms with Gasteiger partial charge in [0.05, 0.1) is 28.4 Å². The van der Waals surface area contributed by atoms with E-state index >= 15 is 0 Å². The molecule has 0 aliphatic carbocycles. The molecule has 0 fully saturated rings. The van der Waals surface area contributed by atoms with E-state index in [4.69, 9.17) is 9.47 Å². The number of benzene rings is 2. The Morgan fingerprint density at radius 1 is 0.700 bits per heavy atom. The lowest BCUT2D eigenvalue weighted by Gasteiger charge is -2.15. The van der Waals surface area contributed by atoms with Crippen molar-refractivity contribution in [2.75, 3.05) is 28.4 Å². The molecule has 0 aliphatic rings. The number of hydrogen-bond acceptors (Lipinski definition) is 8. The molecule has 8 heteroatoms. The zero-order valence-corrected chi connectivity index (χ0v) is 17.0. The number of carbonyl (C=O) groups is 2. The highest BCUT2D eigenvalue weighted by atomic mass is 16.5. The quantitative estimate of drug-likeness (QED) is 0.525. The Balaban J connectivity index is 2.79. The first-order valence-electron chi connectivity index (χ1n) is 8.69. The molecule has 0 atom stereocenters. The number of ether oxygens (including phenoxy) is 4. The van der Waals surface area contributed by atoms with Gasteiger partial charge >= 0.3 is 11.9 Å². The maximum atomic E-state index is 11.6. The first-order valence-corrected chi connectivity index (χ1v) is 8.69. The van der Waals surface area contributed by atoms with Crippen LogP contribution in [0.15, 0.2) is 36.4 Å². The lowest BCUT2D eigenvalue weighted by molar-refractivity contribution is -0.135. The third kappa shape index (κ3) is 5.11. The van der Waals surface area contributed by atoms with Crippen LogP contribution < -0.4 is 9.47 Å². The summed E-state index contributed by atoms with van der Waals surface area (Å²) < 4.78 is 19.6. The van der Waals surface area contributed by atoms with Crippen molar-refractivity contribution in [1.82, 2.24) is 0 Å². The van der Waals surface area contributed by atoms with E-state index in [1.165, 1.54) is 64.9 Å². The van der Waals surface area contributed by atoms with Crippen LogP contribution in [0.3, 0.4) is 0 Å². The van der Waals surface area contributed by atoms with Crippen molar-refractivity contribution in [2.24, 2.45) is 0 Å². The van der Waals surface area contributed by atoms with Crippen LogP contribution in [0.4, 0.5) is 0 Å². The molecule has 0 heterocycles. The predicted molar refractivity (Wildman–Crippen MR) is 110 cm³/mol. The smallest absolute Gasteiger partial charge is 0.330 e. The topological polar surface area (TPSA) is 112 Å². The summed E-state index contributed by atoms with van der Waals surface area (Å²) in [4.78, 5) is 23.1. The second-order valence-corrected chi connectivity index (χ2v) is 5.94. The second kappa shape index (κ2) is 10.0. The molecule has 0 aliphatic heterocycles. The summed E-state index contributed by atoms with van der Waals surface area (Å²) in [6.45, 7) is 0. The van der Waals surface area contributed by atoms with E-state index < -0.39 is 11.9 Å². The van der Waals surface area contributed by atoms with Crippen LogP contribution in [0.2, 0.25) is 0 Å². The summed E-state index contributed by atoms with van der Waals surface area (Å²) in [5.41, 5.74) is 1.98. The van der Waals surface area contributed by atoms with Gasteiger partial charge in [-0.1, -0.05) is 0 Å². The van der Waals surface area contributed by atoms with Gasteiger partial charge in [-0.15, -0.1) is 0 Å². The molecule has 0 saturated heterocycles. The SMILES string of the molecule is COC(=O)/C=C/c1cc(O)c(OC)cc1-c1cc(OC)c(O)cc1/C=C/C(=O)OC. The van der Waals surface area contributed by atoms with Gasteiger partial charge in [-0.05, 0) is 58.7 Å². The number of hydrogen-bond donors (Lipinski definition) is 2. The highest BCUT2D eigenvalue weighted by Gasteiger charge is 2.16. The molecule has 0 spiro atoms. The van der Waals surface area contributed by atoms with Crippen molar-refractivity contribution in [3.8, 4) is 34.1 Å². The minimum atomic E-state index is -0.578. The second-order valence-electron chi connectivity index (χ2n) is 5.94.